The normalized spacial score (nSPS) is 10.1. The van der Waals surface area contributed by atoms with E-state index in [9.17, 15) is 15.0 Å². The topological polar surface area (TPSA) is 105 Å². The lowest BCUT2D eigenvalue weighted by atomic mass is 10.1. The summed E-state index contributed by atoms with van der Waals surface area (Å²) < 4.78 is 4.90. The second-order valence-electron chi connectivity index (χ2n) is 4.11. The van der Waals surface area contributed by atoms with Crippen molar-refractivity contribution in [3.63, 3.8) is 0 Å². The summed E-state index contributed by atoms with van der Waals surface area (Å²) in [7, 11) is 1.42. The van der Waals surface area contributed by atoms with Gasteiger partial charge in [-0.25, -0.2) is 0 Å². The van der Waals surface area contributed by atoms with Gasteiger partial charge in [-0.1, -0.05) is 0 Å². The predicted octanol–water partition coefficient (Wildman–Crippen LogP) is 1.94. The molecule has 0 saturated carbocycles. The predicted molar refractivity (Wildman–Crippen MR) is 75.1 cm³/mol. The molecule has 0 atom stereocenters. The number of aromatic hydroxyl groups is 2. The van der Waals surface area contributed by atoms with Crippen molar-refractivity contribution in [3.05, 3.63) is 42.0 Å². The van der Waals surface area contributed by atoms with Crippen LogP contribution in [0.3, 0.4) is 0 Å². The van der Waals surface area contributed by atoms with Crippen LogP contribution < -0.4 is 15.8 Å². The van der Waals surface area contributed by atoms with E-state index in [0.29, 0.717) is 5.69 Å². The molecule has 1 amide bonds. The van der Waals surface area contributed by atoms with Crippen LogP contribution in [0.25, 0.3) is 0 Å². The molecule has 2 aromatic carbocycles. The monoisotopic (exact) mass is 274 g/mol. The molecule has 0 bridgehead atoms. The van der Waals surface area contributed by atoms with Gasteiger partial charge in [-0.05, 0) is 30.3 Å². The summed E-state index contributed by atoms with van der Waals surface area (Å²) in [5.41, 5.74) is 6.56. The van der Waals surface area contributed by atoms with E-state index in [4.69, 9.17) is 10.5 Å². The van der Waals surface area contributed by atoms with E-state index in [2.05, 4.69) is 5.32 Å². The molecular weight excluding hydrogens is 260 g/mol. The minimum absolute atomic E-state index is 0.0163. The van der Waals surface area contributed by atoms with Crippen LogP contribution >= 0.6 is 0 Å². The van der Waals surface area contributed by atoms with Crippen molar-refractivity contribution < 1.29 is 19.7 Å². The molecule has 6 heteroatoms. The maximum Gasteiger partial charge on any atom is 0.255 e. The molecule has 0 aliphatic heterocycles. The first-order chi connectivity index (χ1) is 9.51. The molecule has 0 aliphatic rings. The maximum absolute atomic E-state index is 12.0. The molecule has 2 aromatic rings. The van der Waals surface area contributed by atoms with E-state index in [1.807, 2.05) is 0 Å². The van der Waals surface area contributed by atoms with E-state index in [0.717, 1.165) is 0 Å². The van der Waals surface area contributed by atoms with Crippen LogP contribution in [-0.2, 0) is 0 Å². The van der Waals surface area contributed by atoms with Gasteiger partial charge in [0.1, 0.15) is 5.75 Å². The van der Waals surface area contributed by atoms with Gasteiger partial charge in [0.15, 0.2) is 11.5 Å². The summed E-state index contributed by atoms with van der Waals surface area (Å²) in [5, 5.41) is 21.5. The van der Waals surface area contributed by atoms with Crippen LogP contribution in [0.15, 0.2) is 36.4 Å². The van der Waals surface area contributed by atoms with Crippen molar-refractivity contribution in [1.82, 2.24) is 0 Å². The Morgan fingerprint density at radius 2 is 1.95 bits per heavy atom. The molecule has 0 aliphatic carbocycles. The minimum Gasteiger partial charge on any atom is -0.508 e. The highest BCUT2D eigenvalue weighted by atomic mass is 16.5. The number of methoxy groups -OCH3 is 1. The Hall–Kier alpha value is -2.89. The molecule has 0 heterocycles. The summed E-state index contributed by atoms with van der Waals surface area (Å²) in [4.78, 5) is 12.0. The van der Waals surface area contributed by atoms with E-state index in [1.165, 1.54) is 43.5 Å². The number of nitrogens with two attached hydrogens (primary N) is 1. The fraction of sp³-hybridized carbons (Fsp3) is 0.0714. The Morgan fingerprint density at radius 1 is 1.20 bits per heavy atom. The Morgan fingerprint density at radius 3 is 2.55 bits per heavy atom. The van der Waals surface area contributed by atoms with Crippen molar-refractivity contribution in [2.24, 2.45) is 0 Å². The zero-order valence-corrected chi connectivity index (χ0v) is 10.8. The number of hydrogen-bond acceptors (Lipinski definition) is 5. The highest BCUT2D eigenvalue weighted by molar-refractivity contribution is 6.06. The number of phenols is 2. The zero-order chi connectivity index (χ0) is 14.7. The fourth-order valence-corrected chi connectivity index (χ4v) is 1.69. The highest BCUT2D eigenvalue weighted by Crippen LogP contribution is 2.28. The molecule has 2 rings (SSSR count). The lowest BCUT2D eigenvalue weighted by molar-refractivity contribution is 0.102. The number of amides is 1. The van der Waals surface area contributed by atoms with Crippen LogP contribution in [0.1, 0.15) is 10.4 Å². The Bertz CT molecular complexity index is 656. The lowest BCUT2D eigenvalue weighted by Gasteiger charge is -2.09. The van der Waals surface area contributed by atoms with Gasteiger partial charge in [0, 0.05) is 11.6 Å². The number of hydrogen-bond donors (Lipinski definition) is 4. The second-order valence-corrected chi connectivity index (χ2v) is 4.11. The molecule has 0 saturated heterocycles. The fourth-order valence-electron chi connectivity index (χ4n) is 1.69. The van der Waals surface area contributed by atoms with Crippen molar-refractivity contribution in [3.8, 4) is 17.2 Å². The summed E-state index contributed by atoms with van der Waals surface area (Å²) >= 11 is 0. The molecule has 104 valence electrons. The van der Waals surface area contributed by atoms with E-state index < -0.39 is 5.91 Å². The quantitative estimate of drug-likeness (QED) is 0.505. The first-order valence-electron chi connectivity index (χ1n) is 5.78. The number of nitrogens with one attached hydrogen (secondary N) is 1. The van der Waals surface area contributed by atoms with Crippen LogP contribution in [0.4, 0.5) is 11.4 Å². The third-order valence-corrected chi connectivity index (χ3v) is 2.72. The molecule has 0 spiro atoms. The summed E-state index contributed by atoms with van der Waals surface area (Å²) in [6.07, 6.45) is 0. The van der Waals surface area contributed by atoms with Crippen LogP contribution in [0.5, 0.6) is 17.2 Å². The molecule has 6 nitrogen and oxygen atoms in total. The first-order valence-corrected chi connectivity index (χ1v) is 5.78. The van der Waals surface area contributed by atoms with Crippen molar-refractivity contribution in [1.29, 1.82) is 0 Å². The minimum atomic E-state index is -0.430. The van der Waals surface area contributed by atoms with Crippen molar-refractivity contribution in [2.45, 2.75) is 0 Å². The van der Waals surface area contributed by atoms with Gasteiger partial charge < -0.3 is 26.0 Å². The molecule has 0 fully saturated rings. The molecule has 0 radical (unpaired) electrons. The summed E-state index contributed by atoms with van der Waals surface area (Å²) in [6.45, 7) is 0. The third kappa shape index (κ3) is 2.74. The number of carbonyl (C=O) groups excluding carboxylic acids is 1. The number of carbonyl (C=O) groups is 1. The van der Waals surface area contributed by atoms with E-state index in [1.54, 1.807) is 0 Å². The average molecular weight is 274 g/mol. The Labute approximate surface area is 115 Å². The van der Waals surface area contributed by atoms with Gasteiger partial charge in [0.05, 0.1) is 18.5 Å². The zero-order valence-electron chi connectivity index (χ0n) is 10.8. The Balaban J connectivity index is 2.21. The van der Waals surface area contributed by atoms with E-state index >= 15 is 0 Å². The van der Waals surface area contributed by atoms with Crippen LogP contribution in [-0.4, -0.2) is 23.2 Å². The van der Waals surface area contributed by atoms with E-state index in [-0.39, 0.29) is 28.5 Å². The smallest absolute Gasteiger partial charge is 0.255 e. The maximum atomic E-state index is 12.0. The van der Waals surface area contributed by atoms with Crippen molar-refractivity contribution >= 4 is 17.3 Å². The lowest BCUT2D eigenvalue weighted by Crippen LogP contribution is -2.13. The highest BCUT2D eigenvalue weighted by Gasteiger charge is 2.11. The van der Waals surface area contributed by atoms with Crippen molar-refractivity contribution in [2.75, 3.05) is 18.2 Å². The largest absolute Gasteiger partial charge is 0.508 e. The summed E-state index contributed by atoms with van der Waals surface area (Å²) in [6, 6.07) is 8.55. The summed E-state index contributed by atoms with van der Waals surface area (Å²) in [5.74, 6) is -0.257. The van der Waals surface area contributed by atoms with Gasteiger partial charge in [0.2, 0.25) is 0 Å². The molecule has 5 N–H and O–H groups in total. The second kappa shape index (κ2) is 5.40. The molecule has 20 heavy (non-hydrogen) atoms. The average Bonchev–Trinajstić information content (AvgIpc) is 2.41. The first kappa shape index (κ1) is 13.5. The van der Waals surface area contributed by atoms with Crippen LogP contribution in [0, 0.1) is 0 Å². The number of benzene rings is 2. The van der Waals surface area contributed by atoms with Crippen LogP contribution in [0.2, 0.25) is 0 Å². The number of anilines is 2. The van der Waals surface area contributed by atoms with Gasteiger partial charge in [0.25, 0.3) is 5.91 Å². The third-order valence-electron chi connectivity index (χ3n) is 2.72. The standard InChI is InChI=1S/C14H14N2O4/c1-20-13-5-2-8(6-12(13)18)14(19)16-11-4-3-9(17)7-10(11)15/h2-7,17-18H,15H2,1H3,(H,16,19). The molecule has 0 aromatic heterocycles. The molecular formula is C14H14N2O4. The van der Waals surface area contributed by atoms with Gasteiger partial charge >= 0.3 is 0 Å². The number of nitrogen functional groups attached to an aromatic ring is 1. The Kier molecular flexibility index (Phi) is 3.65. The van der Waals surface area contributed by atoms with Gasteiger partial charge in [-0.3, -0.25) is 4.79 Å². The number of phenolic OH excluding ortho intramolecular Hbond substituents is 2. The molecule has 0 unspecified atom stereocenters. The number of ether oxygens (including phenoxy) is 1. The number of rotatable bonds is 3. The van der Waals surface area contributed by atoms with Gasteiger partial charge in [-0.2, -0.15) is 0 Å². The SMILES string of the molecule is COc1ccc(C(=O)Nc2ccc(O)cc2N)cc1O. The van der Waals surface area contributed by atoms with Gasteiger partial charge in [-0.15, -0.1) is 0 Å².